The van der Waals surface area contributed by atoms with Gasteiger partial charge >= 0.3 is 0 Å². The van der Waals surface area contributed by atoms with Gasteiger partial charge in [0, 0.05) is 6.07 Å². The number of rotatable bonds is 0. The van der Waals surface area contributed by atoms with E-state index in [4.69, 9.17) is 11.6 Å². The smallest absolute Gasteiger partial charge is 0.148 e. The second-order valence-corrected chi connectivity index (χ2v) is 2.71. The van der Waals surface area contributed by atoms with Crippen LogP contribution in [0.2, 0.25) is 5.15 Å². The van der Waals surface area contributed by atoms with Crippen molar-refractivity contribution >= 4 is 22.6 Å². The maximum atomic E-state index is 12.7. The summed E-state index contributed by atoms with van der Waals surface area (Å²) in [7, 11) is 0. The number of fused-ring (bicyclic) bond motifs is 1. The van der Waals surface area contributed by atoms with Crippen molar-refractivity contribution in [3.63, 3.8) is 0 Å². The number of aromatic nitrogens is 2. The summed E-state index contributed by atoms with van der Waals surface area (Å²) in [5.41, 5.74) is 1.11. The summed E-state index contributed by atoms with van der Waals surface area (Å²) in [5, 5.41) is 0.271. The third kappa shape index (κ3) is 1.23. The summed E-state index contributed by atoms with van der Waals surface area (Å²) in [5.74, 6) is -0.334. The standard InChI is InChI=1S/C8H4ClFN2/c9-8-4-11-6-2-1-5(10)3-7(6)12-8/h1-4H. The third-order valence-electron chi connectivity index (χ3n) is 1.47. The number of halogens is 2. The Bertz CT molecular complexity index is 394. The number of hydrogen-bond acceptors (Lipinski definition) is 2. The fourth-order valence-corrected chi connectivity index (χ4v) is 1.10. The molecule has 0 atom stereocenters. The number of nitrogens with zero attached hydrogens (tertiary/aromatic N) is 2. The van der Waals surface area contributed by atoms with Gasteiger partial charge in [-0.05, 0) is 12.1 Å². The van der Waals surface area contributed by atoms with Crippen molar-refractivity contribution in [3.05, 3.63) is 35.4 Å². The Morgan fingerprint density at radius 1 is 1.25 bits per heavy atom. The van der Waals surface area contributed by atoms with Crippen LogP contribution in [0.15, 0.2) is 24.4 Å². The highest BCUT2D eigenvalue weighted by Crippen LogP contribution is 2.13. The van der Waals surface area contributed by atoms with Gasteiger partial charge in [-0.2, -0.15) is 0 Å². The van der Waals surface area contributed by atoms with Crippen molar-refractivity contribution in [2.75, 3.05) is 0 Å². The Balaban J connectivity index is 2.80. The summed E-state index contributed by atoms with van der Waals surface area (Å²) in [6, 6.07) is 4.20. The van der Waals surface area contributed by atoms with E-state index in [0.29, 0.717) is 11.0 Å². The molecule has 0 spiro atoms. The molecule has 12 heavy (non-hydrogen) atoms. The monoisotopic (exact) mass is 182 g/mol. The second kappa shape index (κ2) is 2.68. The van der Waals surface area contributed by atoms with Gasteiger partial charge in [0.2, 0.25) is 0 Å². The van der Waals surface area contributed by atoms with Gasteiger partial charge in [-0.3, -0.25) is 4.98 Å². The molecule has 1 heterocycles. The highest BCUT2D eigenvalue weighted by atomic mass is 35.5. The van der Waals surface area contributed by atoms with Gasteiger partial charge in [-0.25, -0.2) is 9.37 Å². The zero-order chi connectivity index (χ0) is 8.55. The zero-order valence-corrected chi connectivity index (χ0v) is 6.72. The SMILES string of the molecule is Fc1ccc2ncc(Cl)nc2c1. The van der Waals surface area contributed by atoms with Crippen molar-refractivity contribution in [1.29, 1.82) is 0 Å². The third-order valence-corrected chi connectivity index (χ3v) is 1.66. The largest absolute Gasteiger partial charge is 0.251 e. The predicted molar refractivity (Wildman–Crippen MR) is 44.5 cm³/mol. The van der Waals surface area contributed by atoms with Crippen LogP contribution in [0.3, 0.4) is 0 Å². The molecule has 0 bridgehead atoms. The lowest BCUT2D eigenvalue weighted by atomic mass is 10.3. The minimum atomic E-state index is -0.334. The topological polar surface area (TPSA) is 25.8 Å². The Morgan fingerprint density at radius 2 is 2.08 bits per heavy atom. The van der Waals surface area contributed by atoms with E-state index in [1.165, 1.54) is 18.3 Å². The highest BCUT2D eigenvalue weighted by Gasteiger charge is 1.98. The van der Waals surface area contributed by atoms with Crippen molar-refractivity contribution in [2.45, 2.75) is 0 Å². The minimum Gasteiger partial charge on any atom is -0.251 e. The van der Waals surface area contributed by atoms with Gasteiger partial charge in [0.25, 0.3) is 0 Å². The van der Waals surface area contributed by atoms with Crippen LogP contribution in [-0.4, -0.2) is 9.97 Å². The van der Waals surface area contributed by atoms with E-state index in [2.05, 4.69) is 9.97 Å². The molecule has 0 radical (unpaired) electrons. The molecule has 0 amide bonds. The van der Waals surface area contributed by atoms with Crippen LogP contribution in [0, 0.1) is 5.82 Å². The molecule has 0 N–H and O–H groups in total. The molecule has 0 aliphatic rings. The summed E-state index contributed by atoms with van der Waals surface area (Å²) >= 11 is 5.57. The van der Waals surface area contributed by atoms with Gasteiger partial charge in [-0.15, -0.1) is 0 Å². The summed E-state index contributed by atoms with van der Waals surface area (Å²) in [4.78, 5) is 7.86. The Labute approximate surface area is 73.0 Å². The molecule has 2 aromatic rings. The molecule has 1 aromatic carbocycles. The molecule has 0 saturated carbocycles. The predicted octanol–water partition coefficient (Wildman–Crippen LogP) is 2.42. The average Bonchev–Trinajstić information content (AvgIpc) is 2.03. The zero-order valence-electron chi connectivity index (χ0n) is 5.96. The van der Waals surface area contributed by atoms with Crippen LogP contribution in [-0.2, 0) is 0 Å². The Morgan fingerprint density at radius 3 is 2.92 bits per heavy atom. The van der Waals surface area contributed by atoms with E-state index in [1.807, 2.05) is 0 Å². The first-order valence-electron chi connectivity index (χ1n) is 3.33. The quantitative estimate of drug-likeness (QED) is 0.625. The molecule has 0 unspecified atom stereocenters. The van der Waals surface area contributed by atoms with E-state index >= 15 is 0 Å². The maximum Gasteiger partial charge on any atom is 0.148 e. The van der Waals surface area contributed by atoms with Crippen LogP contribution in [0.1, 0.15) is 0 Å². The van der Waals surface area contributed by atoms with Crippen molar-refractivity contribution in [1.82, 2.24) is 9.97 Å². The molecule has 0 saturated heterocycles. The lowest BCUT2D eigenvalue weighted by molar-refractivity contribution is 0.629. The van der Waals surface area contributed by atoms with Crippen LogP contribution >= 0.6 is 11.6 Å². The van der Waals surface area contributed by atoms with E-state index < -0.39 is 0 Å². The second-order valence-electron chi connectivity index (χ2n) is 2.33. The number of benzene rings is 1. The first-order valence-corrected chi connectivity index (χ1v) is 3.71. The van der Waals surface area contributed by atoms with E-state index in [9.17, 15) is 4.39 Å². The van der Waals surface area contributed by atoms with Crippen LogP contribution in [0.4, 0.5) is 4.39 Å². The van der Waals surface area contributed by atoms with E-state index in [-0.39, 0.29) is 11.0 Å². The van der Waals surface area contributed by atoms with E-state index in [1.54, 1.807) is 6.07 Å². The molecule has 2 rings (SSSR count). The lowest BCUT2D eigenvalue weighted by Crippen LogP contribution is -1.84. The lowest BCUT2D eigenvalue weighted by Gasteiger charge is -1.95. The Kier molecular flexibility index (Phi) is 1.66. The van der Waals surface area contributed by atoms with Crippen molar-refractivity contribution in [2.24, 2.45) is 0 Å². The molecule has 60 valence electrons. The van der Waals surface area contributed by atoms with Gasteiger partial charge < -0.3 is 0 Å². The summed E-state index contributed by atoms with van der Waals surface area (Å²) in [6.45, 7) is 0. The average molecular weight is 183 g/mol. The van der Waals surface area contributed by atoms with Gasteiger partial charge in [0.15, 0.2) is 0 Å². The Hall–Kier alpha value is -1.22. The molecular weight excluding hydrogens is 179 g/mol. The van der Waals surface area contributed by atoms with Crippen molar-refractivity contribution < 1.29 is 4.39 Å². The molecule has 0 aliphatic carbocycles. The number of hydrogen-bond donors (Lipinski definition) is 0. The molecule has 0 aliphatic heterocycles. The highest BCUT2D eigenvalue weighted by molar-refractivity contribution is 6.29. The van der Waals surface area contributed by atoms with Crippen LogP contribution < -0.4 is 0 Å². The minimum absolute atomic E-state index is 0.271. The normalized spacial score (nSPS) is 10.5. The maximum absolute atomic E-state index is 12.7. The summed E-state index contributed by atoms with van der Waals surface area (Å²) < 4.78 is 12.7. The van der Waals surface area contributed by atoms with Gasteiger partial charge in [-0.1, -0.05) is 11.6 Å². The molecule has 4 heteroatoms. The molecule has 0 fully saturated rings. The van der Waals surface area contributed by atoms with Gasteiger partial charge in [0.05, 0.1) is 17.2 Å². The van der Waals surface area contributed by atoms with Crippen LogP contribution in [0.5, 0.6) is 0 Å². The van der Waals surface area contributed by atoms with Gasteiger partial charge in [0.1, 0.15) is 11.0 Å². The van der Waals surface area contributed by atoms with E-state index in [0.717, 1.165) is 0 Å². The summed E-state index contributed by atoms with van der Waals surface area (Å²) in [6.07, 6.45) is 1.43. The fourth-order valence-electron chi connectivity index (χ4n) is 0.962. The van der Waals surface area contributed by atoms with Crippen LogP contribution in [0.25, 0.3) is 11.0 Å². The molecule has 2 nitrogen and oxygen atoms in total. The molecule has 1 aromatic heterocycles. The molecular formula is C8H4ClFN2. The first-order chi connectivity index (χ1) is 5.75. The first kappa shape index (κ1) is 7.43. The fraction of sp³-hybridized carbons (Fsp3) is 0. The van der Waals surface area contributed by atoms with Crippen molar-refractivity contribution in [3.8, 4) is 0 Å².